The number of carbonyl (C=O) groups is 1. The number of aliphatic hydroxyl groups is 1. The first kappa shape index (κ1) is 12.3. The second-order valence-electron chi connectivity index (χ2n) is 3.00. The van der Waals surface area contributed by atoms with Crippen molar-refractivity contribution < 1.29 is 9.90 Å². The van der Waals surface area contributed by atoms with E-state index in [1.807, 2.05) is 0 Å². The summed E-state index contributed by atoms with van der Waals surface area (Å²) in [4.78, 5) is 10.5. The summed E-state index contributed by atoms with van der Waals surface area (Å²) in [6.07, 6.45) is 2.78. The fourth-order valence-electron chi connectivity index (χ4n) is 0.897. The summed E-state index contributed by atoms with van der Waals surface area (Å²) in [6.45, 7) is 1.47. The molecule has 78 valence electrons. The number of hydrogen-bond acceptors (Lipinski definition) is 4. The van der Waals surface area contributed by atoms with Crippen LogP contribution in [0.3, 0.4) is 0 Å². The molecular weight excluding hydrogens is 170 g/mol. The van der Waals surface area contributed by atoms with Crippen molar-refractivity contribution in [1.82, 2.24) is 5.32 Å². The van der Waals surface area contributed by atoms with E-state index in [2.05, 4.69) is 5.32 Å². The number of rotatable bonds is 8. The van der Waals surface area contributed by atoms with Gasteiger partial charge in [0.25, 0.3) is 0 Å². The maximum atomic E-state index is 10.5. The molecule has 0 radical (unpaired) electrons. The summed E-state index contributed by atoms with van der Waals surface area (Å²) >= 11 is 0. The molecule has 0 saturated heterocycles. The number of aliphatic hydroxyl groups excluding tert-OH is 1. The zero-order valence-electron chi connectivity index (χ0n) is 7.83. The first-order valence-electron chi connectivity index (χ1n) is 4.55. The molecule has 0 fully saturated rings. The van der Waals surface area contributed by atoms with Crippen molar-refractivity contribution in [2.75, 3.05) is 19.7 Å². The third-order valence-corrected chi connectivity index (χ3v) is 1.74. The Morgan fingerprint density at radius 1 is 1.38 bits per heavy atom. The SMILES string of the molecule is NC(=O)C(N)CNCCCCCO. The normalized spacial score (nSPS) is 12.8. The Morgan fingerprint density at radius 3 is 2.62 bits per heavy atom. The highest BCUT2D eigenvalue weighted by molar-refractivity contribution is 5.79. The van der Waals surface area contributed by atoms with Crippen molar-refractivity contribution >= 4 is 5.91 Å². The number of unbranched alkanes of at least 4 members (excludes halogenated alkanes) is 2. The Morgan fingerprint density at radius 2 is 2.08 bits per heavy atom. The Kier molecular flexibility index (Phi) is 7.57. The van der Waals surface area contributed by atoms with Crippen LogP contribution < -0.4 is 16.8 Å². The molecule has 1 unspecified atom stereocenters. The van der Waals surface area contributed by atoms with Gasteiger partial charge in [-0.05, 0) is 25.8 Å². The zero-order valence-corrected chi connectivity index (χ0v) is 7.83. The van der Waals surface area contributed by atoms with Gasteiger partial charge in [-0.25, -0.2) is 0 Å². The number of carbonyl (C=O) groups excluding carboxylic acids is 1. The van der Waals surface area contributed by atoms with Gasteiger partial charge in [-0.1, -0.05) is 0 Å². The molecule has 0 aromatic rings. The van der Waals surface area contributed by atoms with E-state index in [4.69, 9.17) is 16.6 Å². The number of amides is 1. The lowest BCUT2D eigenvalue weighted by atomic mass is 10.2. The van der Waals surface area contributed by atoms with Gasteiger partial charge >= 0.3 is 0 Å². The largest absolute Gasteiger partial charge is 0.396 e. The molecule has 0 aromatic carbocycles. The molecule has 0 aliphatic rings. The van der Waals surface area contributed by atoms with Gasteiger partial charge in [-0.15, -0.1) is 0 Å². The minimum absolute atomic E-state index is 0.237. The molecule has 0 heterocycles. The van der Waals surface area contributed by atoms with Gasteiger partial charge in [0.05, 0.1) is 6.04 Å². The van der Waals surface area contributed by atoms with Crippen LogP contribution in [0.4, 0.5) is 0 Å². The van der Waals surface area contributed by atoms with E-state index in [0.717, 1.165) is 25.8 Å². The number of primary amides is 1. The lowest BCUT2D eigenvalue weighted by Crippen LogP contribution is -2.44. The number of nitrogens with one attached hydrogen (secondary N) is 1. The predicted molar refractivity (Wildman–Crippen MR) is 51.0 cm³/mol. The summed E-state index contributed by atoms with van der Waals surface area (Å²) in [6, 6.07) is -0.599. The van der Waals surface area contributed by atoms with Crippen LogP contribution in [0.5, 0.6) is 0 Å². The van der Waals surface area contributed by atoms with Gasteiger partial charge in [0.2, 0.25) is 5.91 Å². The smallest absolute Gasteiger partial charge is 0.235 e. The Hall–Kier alpha value is -0.650. The van der Waals surface area contributed by atoms with Crippen molar-refractivity contribution in [3.8, 4) is 0 Å². The number of nitrogens with two attached hydrogens (primary N) is 2. The van der Waals surface area contributed by atoms with Gasteiger partial charge < -0.3 is 21.9 Å². The van der Waals surface area contributed by atoms with Crippen molar-refractivity contribution in [3.05, 3.63) is 0 Å². The molecule has 1 atom stereocenters. The summed E-state index contributed by atoms with van der Waals surface area (Å²) < 4.78 is 0. The van der Waals surface area contributed by atoms with Crippen molar-refractivity contribution in [1.29, 1.82) is 0 Å². The highest BCUT2D eigenvalue weighted by atomic mass is 16.2. The fourth-order valence-corrected chi connectivity index (χ4v) is 0.897. The molecule has 0 saturated carbocycles. The van der Waals surface area contributed by atoms with Gasteiger partial charge in [0.1, 0.15) is 0 Å². The highest BCUT2D eigenvalue weighted by Gasteiger charge is 2.06. The molecule has 0 rings (SSSR count). The third-order valence-electron chi connectivity index (χ3n) is 1.74. The summed E-state index contributed by atoms with van der Waals surface area (Å²) in [5, 5.41) is 11.5. The Labute approximate surface area is 78.5 Å². The summed E-state index contributed by atoms with van der Waals surface area (Å²) in [5.41, 5.74) is 10.3. The lowest BCUT2D eigenvalue weighted by Gasteiger charge is -2.08. The van der Waals surface area contributed by atoms with Crippen LogP contribution in [0.15, 0.2) is 0 Å². The molecule has 0 spiro atoms. The second-order valence-corrected chi connectivity index (χ2v) is 3.00. The van der Waals surface area contributed by atoms with Crippen LogP contribution in [0.1, 0.15) is 19.3 Å². The molecule has 0 aliphatic heterocycles. The second kappa shape index (κ2) is 7.97. The average Bonchev–Trinajstić information content (AvgIpc) is 2.10. The van der Waals surface area contributed by atoms with Crippen LogP contribution in [0, 0.1) is 0 Å². The molecule has 5 heteroatoms. The monoisotopic (exact) mass is 189 g/mol. The lowest BCUT2D eigenvalue weighted by molar-refractivity contribution is -0.119. The molecule has 6 N–H and O–H groups in total. The van der Waals surface area contributed by atoms with E-state index in [9.17, 15) is 4.79 Å². The van der Waals surface area contributed by atoms with Crippen molar-refractivity contribution in [3.63, 3.8) is 0 Å². The molecule has 0 aromatic heterocycles. The van der Waals surface area contributed by atoms with E-state index in [0.29, 0.717) is 6.54 Å². The predicted octanol–water partition coefficient (Wildman–Crippen LogP) is -1.45. The minimum atomic E-state index is -0.599. The fraction of sp³-hybridized carbons (Fsp3) is 0.875. The molecular formula is C8H19N3O2. The minimum Gasteiger partial charge on any atom is -0.396 e. The maximum Gasteiger partial charge on any atom is 0.235 e. The van der Waals surface area contributed by atoms with E-state index < -0.39 is 11.9 Å². The highest BCUT2D eigenvalue weighted by Crippen LogP contribution is 1.91. The molecule has 0 bridgehead atoms. The Bertz CT molecular complexity index is 141. The third kappa shape index (κ3) is 7.70. The quantitative estimate of drug-likeness (QED) is 0.351. The van der Waals surface area contributed by atoms with Gasteiger partial charge in [-0.3, -0.25) is 4.79 Å². The van der Waals surface area contributed by atoms with Crippen LogP contribution in [0.25, 0.3) is 0 Å². The van der Waals surface area contributed by atoms with Crippen molar-refractivity contribution in [2.45, 2.75) is 25.3 Å². The first-order chi connectivity index (χ1) is 6.18. The van der Waals surface area contributed by atoms with Gasteiger partial charge in [0.15, 0.2) is 0 Å². The van der Waals surface area contributed by atoms with Crippen LogP contribution in [-0.4, -0.2) is 36.8 Å². The van der Waals surface area contributed by atoms with E-state index in [1.165, 1.54) is 0 Å². The molecule has 5 nitrogen and oxygen atoms in total. The standard InChI is InChI=1S/C8H19N3O2/c9-7(8(10)13)6-11-4-2-1-3-5-12/h7,11-12H,1-6,9H2,(H2,10,13). The first-order valence-corrected chi connectivity index (χ1v) is 4.55. The van der Waals surface area contributed by atoms with Crippen LogP contribution in [0.2, 0.25) is 0 Å². The van der Waals surface area contributed by atoms with E-state index in [1.54, 1.807) is 0 Å². The average molecular weight is 189 g/mol. The molecule has 1 amide bonds. The van der Waals surface area contributed by atoms with Gasteiger partial charge in [0, 0.05) is 13.2 Å². The van der Waals surface area contributed by atoms with Crippen LogP contribution >= 0.6 is 0 Å². The summed E-state index contributed by atoms with van der Waals surface area (Å²) in [5.74, 6) is -0.483. The summed E-state index contributed by atoms with van der Waals surface area (Å²) in [7, 11) is 0. The maximum absolute atomic E-state index is 10.5. The van der Waals surface area contributed by atoms with Crippen molar-refractivity contribution in [2.24, 2.45) is 11.5 Å². The zero-order chi connectivity index (χ0) is 10.1. The van der Waals surface area contributed by atoms with Gasteiger partial charge in [-0.2, -0.15) is 0 Å². The topological polar surface area (TPSA) is 101 Å². The Balaban J connectivity index is 3.11. The molecule has 0 aliphatic carbocycles. The van der Waals surface area contributed by atoms with Crippen LogP contribution in [-0.2, 0) is 4.79 Å². The molecule has 13 heavy (non-hydrogen) atoms. The number of hydrogen-bond donors (Lipinski definition) is 4. The van der Waals surface area contributed by atoms with E-state index in [-0.39, 0.29) is 6.61 Å². The van der Waals surface area contributed by atoms with E-state index >= 15 is 0 Å².